The maximum absolute atomic E-state index is 13.3. The van der Waals surface area contributed by atoms with Crippen LogP contribution >= 0.6 is 11.8 Å². The molecule has 0 N–H and O–H groups in total. The number of ether oxygens (including phenoxy) is 1. The number of benzene rings is 2. The second-order valence-corrected chi connectivity index (χ2v) is 10.8. The van der Waals surface area contributed by atoms with E-state index in [0.29, 0.717) is 5.92 Å². The number of ketones is 2. The molecule has 1 aliphatic rings. The summed E-state index contributed by atoms with van der Waals surface area (Å²) in [5.41, 5.74) is 3.32. The second kappa shape index (κ2) is 10.4. The van der Waals surface area contributed by atoms with Crippen LogP contribution in [0.2, 0.25) is 0 Å². The third-order valence-corrected chi connectivity index (χ3v) is 7.61. The molecular weight excluding hydrogens is 430 g/mol. The lowest BCUT2D eigenvalue weighted by Crippen LogP contribution is -2.36. The Hall–Kier alpha value is -2.11. The van der Waals surface area contributed by atoms with E-state index in [1.165, 1.54) is 10.5 Å². The summed E-state index contributed by atoms with van der Waals surface area (Å²) in [7, 11) is 2.11. The number of carbonyl (C=O) groups is 2. The van der Waals surface area contributed by atoms with Crippen molar-refractivity contribution in [3.05, 3.63) is 58.7 Å². The number of thioether (sulfide) groups is 1. The summed E-state index contributed by atoms with van der Waals surface area (Å²) in [6, 6.07) is 12.3. The lowest BCUT2D eigenvalue weighted by Gasteiger charge is -2.26. The van der Waals surface area contributed by atoms with Crippen LogP contribution in [0.4, 0.5) is 0 Å². The molecule has 2 unspecified atom stereocenters. The predicted molar refractivity (Wildman–Crippen MR) is 137 cm³/mol. The first-order valence-electron chi connectivity index (χ1n) is 11.7. The van der Waals surface area contributed by atoms with Gasteiger partial charge in [-0.1, -0.05) is 24.3 Å². The zero-order chi connectivity index (χ0) is 24.3. The molecular formula is C28H37NO3S. The molecule has 0 aromatic heterocycles. The normalized spacial score (nSPS) is 19.0. The molecule has 1 aliphatic heterocycles. The van der Waals surface area contributed by atoms with Crippen molar-refractivity contribution < 1.29 is 14.3 Å². The molecule has 3 rings (SSSR count). The Labute approximate surface area is 203 Å². The van der Waals surface area contributed by atoms with Crippen molar-refractivity contribution in [3.63, 3.8) is 0 Å². The maximum atomic E-state index is 13.3. The number of nitrogens with zero attached hydrogens (tertiary/aromatic N) is 1. The number of Topliss-reactive ketones (excluding diaryl/α,β-unsaturated/α-hetero) is 2. The highest BCUT2D eigenvalue weighted by atomic mass is 32.2. The van der Waals surface area contributed by atoms with E-state index in [0.717, 1.165) is 48.4 Å². The van der Waals surface area contributed by atoms with Gasteiger partial charge in [0.15, 0.2) is 17.2 Å². The number of hydrogen-bond donors (Lipinski definition) is 0. The summed E-state index contributed by atoms with van der Waals surface area (Å²) in [4.78, 5) is 28.6. The monoisotopic (exact) mass is 467 g/mol. The van der Waals surface area contributed by atoms with E-state index in [1.54, 1.807) is 18.7 Å². The van der Waals surface area contributed by atoms with Crippen LogP contribution in [0.1, 0.15) is 54.2 Å². The third-order valence-electron chi connectivity index (χ3n) is 6.86. The van der Waals surface area contributed by atoms with E-state index >= 15 is 0 Å². The standard InChI is InChI=1S/C28H37NO3S/c1-18-14-21(15-19(2)27(18)32-28(4,5)20(3)30)8-9-23-16-29(6)17-25(23)26(31)22-10-12-24(33-7)13-11-22/h10-15,23,25H,8-9,16-17H2,1-7H3. The minimum Gasteiger partial charge on any atom is -0.480 e. The molecule has 1 heterocycles. The van der Waals surface area contributed by atoms with Crippen LogP contribution in [0.3, 0.4) is 0 Å². The smallest absolute Gasteiger partial charge is 0.172 e. The highest BCUT2D eigenvalue weighted by Gasteiger charge is 2.36. The van der Waals surface area contributed by atoms with Crippen molar-refractivity contribution >= 4 is 23.3 Å². The van der Waals surface area contributed by atoms with Crippen molar-refractivity contribution in [1.82, 2.24) is 4.90 Å². The summed E-state index contributed by atoms with van der Waals surface area (Å²) in [5, 5.41) is 0. The Morgan fingerprint density at radius 3 is 2.24 bits per heavy atom. The Morgan fingerprint density at radius 2 is 1.70 bits per heavy atom. The highest BCUT2D eigenvalue weighted by molar-refractivity contribution is 7.98. The lowest BCUT2D eigenvalue weighted by molar-refractivity contribution is -0.129. The van der Waals surface area contributed by atoms with E-state index < -0.39 is 5.60 Å². The van der Waals surface area contributed by atoms with Crippen LogP contribution in [0.5, 0.6) is 5.75 Å². The minimum atomic E-state index is -0.840. The van der Waals surface area contributed by atoms with Gasteiger partial charge in [-0.05, 0) is 95.5 Å². The van der Waals surface area contributed by atoms with E-state index in [-0.39, 0.29) is 17.5 Å². The zero-order valence-electron chi connectivity index (χ0n) is 21.0. The topological polar surface area (TPSA) is 46.6 Å². The van der Waals surface area contributed by atoms with Gasteiger partial charge in [-0.2, -0.15) is 0 Å². The van der Waals surface area contributed by atoms with Gasteiger partial charge in [0.1, 0.15) is 5.75 Å². The largest absolute Gasteiger partial charge is 0.480 e. The van der Waals surface area contributed by atoms with Gasteiger partial charge >= 0.3 is 0 Å². The molecule has 178 valence electrons. The summed E-state index contributed by atoms with van der Waals surface area (Å²) >= 11 is 1.69. The van der Waals surface area contributed by atoms with Gasteiger partial charge in [-0.3, -0.25) is 9.59 Å². The average Bonchev–Trinajstić information content (AvgIpc) is 3.14. The van der Waals surface area contributed by atoms with E-state index in [2.05, 4.69) is 24.1 Å². The molecule has 2 atom stereocenters. The fraction of sp³-hybridized carbons (Fsp3) is 0.500. The van der Waals surface area contributed by atoms with Gasteiger partial charge in [0, 0.05) is 29.5 Å². The Kier molecular flexibility index (Phi) is 8.07. The molecule has 33 heavy (non-hydrogen) atoms. The van der Waals surface area contributed by atoms with Gasteiger partial charge in [-0.25, -0.2) is 0 Å². The highest BCUT2D eigenvalue weighted by Crippen LogP contribution is 2.33. The Balaban J connectivity index is 1.71. The average molecular weight is 468 g/mol. The van der Waals surface area contributed by atoms with Crippen LogP contribution < -0.4 is 4.74 Å². The number of aryl methyl sites for hydroxylation is 3. The van der Waals surface area contributed by atoms with Crippen LogP contribution in [-0.4, -0.2) is 48.5 Å². The molecule has 0 saturated carbocycles. The predicted octanol–water partition coefficient (Wildman–Crippen LogP) is 5.77. The molecule has 0 radical (unpaired) electrons. The molecule has 1 fully saturated rings. The molecule has 4 nitrogen and oxygen atoms in total. The fourth-order valence-electron chi connectivity index (χ4n) is 4.67. The Morgan fingerprint density at radius 1 is 1.09 bits per heavy atom. The third kappa shape index (κ3) is 6.07. The van der Waals surface area contributed by atoms with Gasteiger partial charge in [0.2, 0.25) is 0 Å². The zero-order valence-corrected chi connectivity index (χ0v) is 21.8. The van der Waals surface area contributed by atoms with E-state index in [1.807, 2.05) is 58.2 Å². The molecule has 2 aromatic carbocycles. The van der Waals surface area contributed by atoms with Crippen molar-refractivity contribution in [2.24, 2.45) is 11.8 Å². The minimum absolute atomic E-state index is 0.00882. The van der Waals surface area contributed by atoms with Crippen molar-refractivity contribution in [2.75, 3.05) is 26.4 Å². The summed E-state index contributed by atoms with van der Waals surface area (Å²) in [5.74, 6) is 1.45. The van der Waals surface area contributed by atoms with Crippen LogP contribution in [0, 0.1) is 25.7 Å². The fourth-order valence-corrected chi connectivity index (χ4v) is 5.08. The number of likely N-dealkylation sites (tertiary alicyclic amines) is 1. The quantitative estimate of drug-likeness (QED) is 0.346. The van der Waals surface area contributed by atoms with Gasteiger partial charge in [0.05, 0.1) is 0 Å². The molecule has 0 aliphatic carbocycles. The first kappa shape index (κ1) is 25.5. The van der Waals surface area contributed by atoms with Crippen LogP contribution in [0.15, 0.2) is 41.3 Å². The maximum Gasteiger partial charge on any atom is 0.172 e. The summed E-state index contributed by atoms with van der Waals surface area (Å²) in [6.07, 6.45) is 3.94. The van der Waals surface area contributed by atoms with Gasteiger partial charge in [0.25, 0.3) is 0 Å². The van der Waals surface area contributed by atoms with E-state index in [9.17, 15) is 9.59 Å². The van der Waals surface area contributed by atoms with Crippen molar-refractivity contribution in [3.8, 4) is 5.75 Å². The molecule has 0 spiro atoms. The lowest BCUT2D eigenvalue weighted by atomic mass is 9.84. The summed E-state index contributed by atoms with van der Waals surface area (Å²) < 4.78 is 6.08. The second-order valence-electron chi connectivity index (χ2n) is 9.95. The van der Waals surface area contributed by atoms with Crippen molar-refractivity contribution in [1.29, 1.82) is 0 Å². The first-order valence-corrected chi connectivity index (χ1v) is 12.9. The van der Waals surface area contributed by atoms with Gasteiger partial charge in [-0.15, -0.1) is 11.8 Å². The van der Waals surface area contributed by atoms with Crippen molar-refractivity contribution in [2.45, 2.75) is 58.0 Å². The number of carbonyl (C=O) groups excluding carboxylic acids is 2. The SMILES string of the molecule is CSc1ccc(C(=O)C2CN(C)CC2CCc2cc(C)c(OC(C)(C)C(C)=O)c(C)c2)cc1. The van der Waals surface area contributed by atoms with Crippen LogP contribution in [0.25, 0.3) is 0 Å². The van der Waals surface area contributed by atoms with E-state index in [4.69, 9.17) is 4.74 Å². The molecule has 5 heteroatoms. The molecule has 0 bridgehead atoms. The summed E-state index contributed by atoms with van der Waals surface area (Å²) in [6.45, 7) is 11.0. The molecule has 1 saturated heterocycles. The number of rotatable bonds is 9. The molecule has 2 aromatic rings. The number of hydrogen-bond acceptors (Lipinski definition) is 5. The Bertz CT molecular complexity index is 989. The molecule has 0 amide bonds. The first-order chi connectivity index (χ1) is 15.5. The van der Waals surface area contributed by atoms with Crippen LogP contribution in [-0.2, 0) is 11.2 Å². The van der Waals surface area contributed by atoms with Gasteiger partial charge < -0.3 is 9.64 Å².